The van der Waals surface area contributed by atoms with E-state index < -0.39 is 5.60 Å². The van der Waals surface area contributed by atoms with Gasteiger partial charge in [0.2, 0.25) is 0 Å². The van der Waals surface area contributed by atoms with Crippen molar-refractivity contribution < 1.29 is 14.3 Å². The summed E-state index contributed by atoms with van der Waals surface area (Å²) >= 11 is 0. The fourth-order valence-corrected chi connectivity index (χ4v) is 5.03. The van der Waals surface area contributed by atoms with Gasteiger partial charge in [-0.25, -0.2) is 0 Å². The van der Waals surface area contributed by atoms with Crippen LogP contribution in [0, 0.1) is 23.2 Å². The topological polar surface area (TPSA) is 43.4 Å². The van der Waals surface area contributed by atoms with Crippen molar-refractivity contribution in [1.82, 2.24) is 0 Å². The second-order valence-corrected chi connectivity index (χ2v) is 8.85. The van der Waals surface area contributed by atoms with Gasteiger partial charge in [-0.15, -0.1) is 0 Å². The molecular weight excluding hydrogens is 300 g/mol. The minimum atomic E-state index is -0.433. The second kappa shape index (κ2) is 8.49. The van der Waals surface area contributed by atoms with Crippen molar-refractivity contribution >= 4 is 11.8 Å². The van der Waals surface area contributed by atoms with Crippen LogP contribution in [0.1, 0.15) is 93.4 Å². The molecule has 3 nitrogen and oxygen atoms in total. The molecule has 0 aliphatic heterocycles. The molecule has 4 atom stereocenters. The van der Waals surface area contributed by atoms with E-state index >= 15 is 0 Å². The van der Waals surface area contributed by atoms with Crippen molar-refractivity contribution in [1.29, 1.82) is 0 Å². The van der Waals surface area contributed by atoms with Crippen molar-refractivity contribution in [3.05, 3.63) is 0 Å². The highest BCUT2D eigenvalue weighted by Crippen LogP contribution is 2.52. The first kappa shape index (κ1) is 21.2. The molecule has 0 N–H and O–H groups in total. The Kier molecular flexibility index (Phi) is 7.49. The quantitative estimate of drug-likeness (QED) is 0.544. The maximum absolute atomic E-state index is 11.6. The summed E-state index contributed by atoms with van der Waals surface area (Å²) in [6, 6.07) is 0. The number of carbonyl (C=O) groups excluding carboxylic acids is 2. The molecule has 1 aliphatic rings. The third-order valence-corrected chi connectivity index (χ3v) is 6.37. The highest BCUT2D eigenvalue weighted by molar-refractivity contribution is 5.75. The number of ether oxygens (including phenoxy) is 1. The van der Waals surface area contributed by atoms with E-state index in [-0.39, 0.29) is 17.7 Å². The summed E-state index contributed by atoms with van der Waals surface area (Å²) < 4.78 is 5.79. The Bertz CT molecular complexity index is 440. The van der Waals surface area contributed by atoms with Crippen LogP contribution in [0.3, 0.4) is 0 Å². The van der Waals surface area contributed by atoms with Gasteiger partial charge in [-0.1, -0.05) is 40.5 Å². The molecule has 0 aromatic carbocycles. The summed E-state index contributed by atoms with van der Waals surface area (Å²) in [7, 11) is 0. The number of esters is 1. The summed E-state index contributed by atoms with van der Waals surface area (Å²) in [6.07, 6.45) is 7.12. The SMILES string of the molecule is CCCCC(C)(C)[C@@H]1CC[C@@](C)(OC(C)=O)[C@H](CCC(C)=O)[C@@H]1C. The molecular formula is C21H38O3. The van der Waals surface area contributed by atoms with Crippen molar-refractivity contribution in [2.24, 2.45) is 23.2 Å². The molecule has 3 heteroatoms. The molecule has 140 valence electrons. The molecule has 0 spiro atoms. The summed E-state index contributed by atoms with van der Waals surface area (Å²) in [4.78, 5) is 23.2. The van der Waals surface area contributed by atoms with Gasteiger partial charge in [0, 0.05) is 19.3 Å². The second-order valence-electron chi connectivity index (χ2n) is 8.85. The van der Waals surface area contributed by atoms with Crippen molar-refractivity contribution in [3.63, 3.8) is 0 Å². The molecule has 0 bridgehead atoms. The zero-order valence-corrected chi connectivity index (χ0v) is 16.9. The van der Waals surface area contributed by atoms with Crippen LogP contribution in [0.2, 0.25) is 0 Å². The normalized spacial score (nSPS) is 30.9. The summed E-state index contributed by atoms with van der Waals surface area (Å²) in [5, 5.41) is 0. The minimum Gasteiger partial charge on any atom is -0.459 e. The number of rotatable bonds is 8. The van der Waals surface area contributed by atoms with Crippen LogP contribution < -0.4 is 0 Å². The lowest BCUT2D eigenvalue weighted by Gasteiger charge is -2.52. The Balaban J connectivity index is 3.01. The first-order valence-corrected chi connectivity index (χ1v) is 9.72. The first-order valence-electron chi connectivity index (χ1n) is 9.72. The highest BCUT2D eigenvalue weighted by Gasteiger charge is 2.49. The number of hydrogen-bond donors (Lipinski definition) is 0. The van der Waals surface area contributed by atoms with E-state index in [9.17, 15) is 9.59 Å². The van der Waals surface area contributed by atoms with E-state index in [1.807, 2.05) is 0 Å². The number of hydrogen-bond acceptors (Lipinski definition) is 3. The van der Waals surface area contributed by atoms with Gasteiger partial charge in [0.15, 0.2) is 0 Å². The average molecular weight is 339 g/mol. The van der Waals surface area contributed by atoms with Crippen molar-refractivity contribution in [2.75, 3.05) is 0 Å². The molecule has 0 saturated heterocycles. The minimum absolute atomic E-state index is 0.207. The largest absolute Gasteiger partial charge is 0.459 e. The number of unbranched alkanes of at least 4 members (excludes halogenated alkanes) is 1. The Morgan fingerprint density at radius 3 is 2.38 bits per heavy atom. The number of carbonyl (C=O) groups is 2. The van der Waals surface area contributed by atoms with Crippen LogP contribution >= 0.6 is 0 Å². The molecule has 1 saturated carbocycles. The van der Waals surface area contributed by atoms with Gasteiger partial charge < -0.3 is 9.53 Å². The number of ketones is 1. The van der Waals surface area contributed by atoms with Gasteiger partial charge in [-0.05, 0) is 56.8 Å². The first-order chi connectivity index (χ1) is 11.0. The molecule has 1 aliphatic carbocycles. The van der Waals surface area contributed by atoms with Gasteiger partial charge >= 0.3 is 5.97 Å². The molecule has 1 fully saturated rings. The van der Waals surface area contributed by atoms with E-state index in [2.05, 4.69) is 34.6 Å². The van der Waals surface area contributed by atoms with Crippen molar-refractivity contribution in [3.8, 4) is 0 Å². The molecule has 0 unspecified atom stereocenters. The van der Waals surface area contributed by atoms with Gasteiger partial charge in [0.05, 0.1) is 0 Å². The van der Waals surface area contributed by atoms with Crippen LogP contribution in [-0.4, -0.2) is 17.4 Å². The fraction of sp³-hybridized carbons (Fsp3) is 0.905. The molecule has 0 aromatic heterocycles. The lowest BCUT2D eigenvalue weighted by molar-refractivity contribution is -0.175. The average Bonchev–Trinajstić information content (AvgIpc) is 2.43. The molecule has 0 aromatic rings. The fourth-order valence-electron chi connectivity index (χ4n) is 5.03. The van der Waals surface area contributed by atoms with Crippen LogP contribution in [-0.2, 0) is 14.3 Å². The lowest BCUT2D eigenvalue weighted by Crippen LogP contribution is -2.51. The summed E-state index contributed by atoms with van der Waals surface area (Å²) in [6.45, 7) is 14.6. The monoisotopic (exact) mass is 338 g/mol. The Morgan fingerprint density at radius 1 is 1.25 bits per heavy atom. The third kappa shape index (κ3) is 5.32. The smallest absolute Gasteiger partial charge is 0.303 e. The van der Waals surface area contributed by atoms with E-state index in [1.165, 1.54) is 26.2 Å². The Morgan fingerprint density at radius 2 is 1.88 bits per heavy atom. The van der Waals surface area contributed by atoms with Gasteiger partial charge in [-0.2, -0.15) is 0 Å². The zero-order valence-electron chi connectivity index (χ0n) is 16.9. The predicted octanol–water partition coefficient (Wildman–Crippen LogP) is 5.56. The zero-order chi connectivity index (χ0) is 18.5. The van der Waals surface area contributed by atoms with Crippen LogP contribution in [0.5, 0.6) is 0 Å². The maximum atomic E-state index is 11.6. The Labute approximate surface area is 148 Å². The molecule has 1 rings (SSSR count). The maximum Gasteiger partial charge on any atom is 0.303 e. The predicted molar refractivity (Wildman–Crippen MR) is 98.8 cm³/mol. The van der Waals surface area contributed by atoms with Crippen LogP contribution in [0.25, 0.3) is 0 Å². The van der Waals surface area contributed by atoms with Crippen molar-refractivity contribution in [2.45, 2.75) is 99.0 Å². The summed E-state index contributed by atoms with van der Waals surface area (Å²) in [5.74, 6) is 1.34. The standard InChI is InChI=1S/C21H38O3/c1-8-9-13-20(5,6)18-12-14-21(7,24-17(4)23)19(16(18)3)11-10-15(2)22/h16,18-19H,8-14H2,1-7H3/t16-,18-,19-,21-/m1/s1. The third-order valence-electron chi connectivity index (χ3n) is 6.37. The molecule has 24 heavy (non-hydrogen) atoms. The van der Waals surface area contributed by atoms with E-state index in [0.717, 1.165) is 19.3 Å². The van der Waals surface area contributed by atoms with Gasteiger partial charge in [0.1, 0.15) is 11.4 Å². The lowest BCUT2D eigenvalue weighted by atomic mass is 9.56. The van der Waals surface area contributed by atoms with Crippen LogP contribution in [0.15, 0.2) is 0 Å². The van der Waals surface area contributed by atoms with E-state index in [4.69, 9.17) is 4.74 Å². The molecule has 0 amide bonds. The molecule has 0 radical (unpaired) electrons. The number of Topliss-reactive ketones (excluding diaryl/α,β-unsaturated/α-hetero) is 1. The van der Waals surface area contributed by atoms with Gasteiger partial charge in [0.25, 0.3) is 0 Å². The van der Waals surface area contributed by atoms with Crippen LogP contribution in [0.4, 0.5) is 0 Å². The summed E-state index contributed by atoms with van der Waals surface area (Å²) in [5.41, 5.74) is -0.139. The van der Waals surface area contributed by atoms with Gasteiger partial charge in [-0.3, -0.25) is 4.79 Å². The van der Waals surface area contributed by atoms with E-state index in [0.29, 0.717) is 23.7 Å². The van der Waals surface area contributed by atoms with E-state index in [1.54, 1.807) is 6.92 Å². The highest BCUT2D eigenvalue weighted by atomic mass is 16.6. The molecule has 0 heterocycles. The Hall–Kier alpha value is -0.860.